The topological polar surface area (TPSA) is 161 Å². The van der Waals surface area contributed by atoms with Gasteiger partial charge in [0.25, 0.3) is 0 Å². The van der Waals surface area contributed by atoms with E-state index in [-0.39, 0.29) is 71.5 Å². The third kappa shape index (κ3) is 5.53. The second kappa shape index (κ2) is 12.2. The first-order valence-corrected chi connectivity index (χ1v) is 15.1. The van der Waals surface area contributed by atoms with Gasteiger partial charge in [-0.3, -0.25) is 0 Å². The second-order valence-electron chi connectivity index (χ2n) is 10.9. The van der Waals surface area contributed by atoms with Gasteiger partial charge in [0.15, 0.2) is 5.82 Å². The summed E-state index contributed by atoms with van der Waals surface area (Å²) in [6.07, 6.45) is 2.60. The van der Waals surface area contributed by atoms with Crippen molar-refractivity contribution in [2.45, 2.75) is 25.0 Å². The number of fused-ring (bicyclic) bond motifs is 2. The molecule has 1 saturated heterocycles. The number of nitriles is 1. The molecule has 6 rings (SSSR count). The maximum atomic E-state index is 16.8. The van der Waals surface area contributed by atoms with Crippen molar-refractivity contribution in [3.8, 4) is 23.2 Å². The first-order chi connectivity index (χ1) is 21.6. The van der Waals surface area contributed by atoms with Gasteiger partial charge in [0.05, 0.1) is 34.5 Å². The van der Waals surface area contributed by atoms with E-state index in [1.54, 1.807) is 6.20 Å². The van der Waals surface area contributed by atoms with E-state index >= 15 is 4.39 Å². The average Bonchev–Trinajstić information content (AvgIpc) is 3.61. The van der Waals surface area contributed by atoms with E-state index in [0.717, 1.165) is 16.9 Å². The number of nitrogens with two attached hydrogens (primary N) is 2. The van der Waals surface area contributed by atoms with Crippen LogP contribution in [-0.2, 0) is 4.74 Å². The summed E-state index contributed by atoms with van der Waals surface area (Å²) in [7, 11) is 3.82. The third-order valence-electron chi connectivity index (χ3n) is 7.86. The maximum Gasteiger partial charge on any atom is 0.319 e. The summed E-state index contributed by atoms with van der Waals surface area (Å²) in [6, 6.07) is 5.97. The van der Waals surface area contributed by atoms with Crippen LogP contribution in [0.2, 0.25) is 5.02 Å². The first kappa shape index (κ1) is 30.6. The molecule has 1 aliphatic rings. The highest BCUT2D eigenvalue weighted by Gasteiger charge is 2.33. The molecule has 0 spiro atoms. The second-order valence-corrected chi connectivity index (χ2v) is 12.4. The van der Waals surface area contributed by atoms with E-state index < -0.39 is 17.7 Å². The van der Waals surface area contributed by atoms with Crippen LogP contribution in [0.15, 0.2) is 30.7 Å². The molecule has 3 aromatic heterocycles. The number of nitrogens with zero attached hydrogens (tertiary/aromatic N) is 6. The summed E-state index contributed by atoms with van der Waals surface area (Å²) in [5.74, 6) is -0.910. The molecule has 11 nitrogen and oxygen atoms in total. The molecule has 45 heavy (non-hydrogen) atoms. The van der Waals surface area contributed by atoms with Crippen LogP contribution < -0.4 is 21.5 Å². The van der Waals surface area contributed by atoms with Gasteiger partial charge in [0.2, 0.25) is 0 Å². The quantitative estimate of drug-likeness (QED) is 0.202. The molecule has 4 heterocycles. The highest BCUT2D eigenvalue weighted by molar-refractivity contribution is 7.23. The fraction of sp³-hybridized carbons (Fsp3) is 0.300. The molecule has 1 aliphatic heterocycles. The predicted octanol–water partition coefficient (Wildman–Crippen LogP) is 5.19. The van der Waals surface area contributed by atoms with Crippen molar-refractivity contribution in [3.05, 3.63) is 58.5 Å². The van der Waals surface area contributed by atoms with Gasteiger partial charge in [0, 0.05) is 40.6 Å². The van der Waals surface area contributed by atoms with Gasteiger partial charge in [-0.05, 0) is 31.8 Å². The fourth-order valence-electron chi connectivity index (χ4n) is 5.46. The number of hydrogen-bond acceptors (Lipinski definition) is 12. The molecule has 0 unspecified atom stereocenters. The standard InChI is InChI=1S/C30H28ClF2N9O2S/c1-13(17-9-37-12-39-27(17)35)8-38-29-15-6-18(31)23(14-4-5-19(32)26-22(14)16(7-34)28(36)45-26)24(33)25(15)40-30(41-29)44-21-11-43-10-20(21)42(2)3/h4-6,9,12-13,20-21H,8,10-11,36H2,1-3H3,(H2,35,37,39)(H,38,40,41)/t13-,20-,21-/m0/s1. The Bertz CT molecular complexity index is 1980. The predicted molar refractivity (Wildman–Crippen MR) is 170 cm³/mol. The number of benzene rings is 2. The van der Waals surface area contributed by atoms with Crippen LogP contribution in [0.4, 0.5) is 25.4 Å². The number of rotatable bonds is 8. The van der Waals surface area contributed by atoms with E-state index in [4.69, 9.17) is 32.5 Å². The van der Waals surface area contributed by atoms with Crippen molar-refractivity contribution in [3.63, 3.8) is 0 Å². The number of nitrogens with one attached hydrogen (secondary N) is 1. The van der Waals surface area contributed by atoms with Crippen molar-refractivity contribution in [2.24, 2.45) is 0 Å². The number of halogens is 3. The minimum absolute atomic E-state index is 0.00695. The van der Waals surface area contributed by atoms with Crippen molar-refractivity contribution >= 4 is 60.6 Å². The van der Waals surface area contributed by atoms with Crippen LogP contribution in [-0.4, -0.2) is 70.8 Å². The Labute approximate surface area is 265 Å². The molecule has 0 saturated carbocycles. The van der Waals surface area contributed by atoms with Crippen LogP contribution in [0.5, 0.6) is 6.01 Å². The zero-order valence-corrected chi connectivity index (χ0v) is 26.0. The fourth-order valence-corrected chi connectivity index (χ4v) is 6.70. The Balaban J connectivity index is 1.50. The molecule has 1 fully saturated rings. The number of aromatic nitrogens is 4. The van der Waals surface area contributed by atoms with E-state index in [1.807, 2.05) is 32.0 Å². The number of ether oxygens (including phenoxy) is 2. The van der Waals surface area contributed by atoms with E-state index in [9.17, 15) is 9.65 Å². The zero-order valence-electron chi connectivity index (χ0n) is 24.4. The monoisotopic (exact) mass is 651 g/mol. The Morgan fingerprint density at radius 3 is 2.80 bits per heavy atom. The van der Waals surface area contributed by atoms with E-state index in [2.05, 4.69) is 25.3 Å². The number of likely N-dealkylation sites (N-methyl/N-ethyl adjacent to an activating group) is 1. The molecule has 15 heteroatoms. The molecule has 2 aromatic carbocycles. The number of anilines is 3. The molecule has 232 valence electrons. The van der Waals surface area contributed by atoms with Crippen molar-refractivity contribution in [1.82, 2.24) is 24.8 Å². The van der Waals surface area contributed by atoms with Crippen LogP contribution in [0.1, 0.15) is 24.0 Å². The lowest BCUT2D eigenvalue weighted by Gasteiger charge is -2.24. The van der Waals surface area contributed by atoms with Crippen molar-refractivity contribution in [2.75, 3.05) is 50.6 Å². The molecule has 0 bridgehead atoms. The average molecular weight is 652 g/mol. The molecule has 3 atom stereocenters. The Kier molecular flexibility index (Phi) is 8.27. The number of thiophene rings is 1. The first-order valence-electron chi connectivity index (χ1n) is 13.9. The highest BCUT2D eigenvalue weighted by atomic mass is 35.5. The van der Waals surface area contributed by atoms with Gasteiger partial charge in [0.1, 0.15) is 46.5 Å². The van der Waals surface area contributed by atoms with Crippen LogP contribution >= 0.6 is 22.9 Å². The van der Waals surface area contributed by atoms with Crippen LogP contribution in [0.25, 0.3) is 32.1 Å². The highest BCUT2D eigenvalue weighted by Crippen LogP contribution is 2.45. The van der Waals surface area contributed by atoms with Crippen molar-refractivity contribution < 1.29 is 18.3 Å². The molecular formula is C30H28ClF2N9O2S. The summed E-state index contributed by atoms with van der Waals surface area (Å²) < 4.78 is 43.5. The van der Waals surface area contributed by atoms with Gasteiger partial charge in [-0.2, -0.15) is 15.2 Å². The summed E-state index contributed by atoms with van der Waals surface area (Å²) in [5.41, 5.74) is 12.9. The summed E-state index contributed by atoms with van der Waals surface area (Å²) in [5, 5.41) is 13.7. The molecule has 5 N–H and O–H groups in total. The van der Waals surface area contributed by atoms with Gasteiger partial charge in [-0.15, -0.1) is 11.3 Å². The summed E-state index contributed by atoms with van der Waals surface area (Å²) in [4.78, 5) is 19.2. The van der Waals surface area contributed by atoms with E-state index in [1.165, 1.54) is 24.5 Å². The SMILES string of the molecule is C[C@@H](CNc1nc(O[C@H]2COC[C@@H]2N(C)C)nc2c(F)c(-c3ccc(F)c4sc(N)c(C#N)c34)c(Cl)cc12)c1cncnc1N. The van der Waals surface area contributed by atoms with Crippen LogP contribution in [0.3, 0.4) is 0 Å². The lowest BCUT2D eigenvalue weighted by atomic mass is 9.97. The Morgan fingerprint density at radius 2 is 2.07 bits per heavy atom. The number of nitrogen functional groups attached to an aromatic ring is 2. The number of hydrogen-bond donors (Lipinski definition) is 3. The zero-order chi connectivity index (χ0) is 32.0. The molecule has 5 aromatic rings. The Hall–Kier alpha value is -4.42. The Morgan fingerprint density at radius 1 is 1.27 bits per heavy atom. The van der Waals surface area contributed by atoms with Gasteiger partial charge in [-0.25, -0.2) is 18.7 Å². The largest absolute Gasteiger partial charge is 0.456 e. The minimum atomic E-state index is -0.796. The lowest BCUT2D eigenvalue weighted by molar-refractivity contribution is 0.117. The van der Waals surface area contributed by atoms with Gasteiger partial charge in [-0.1, -0.05) is 24.6 Å². The van der Waals surface area contributed by atoms with Gasteiger partial charge >= 0.3 is 6.01 Å². The smallest absolute Gasteiger partial charge is 0.319 e. The molecular weight excluding hydrogens is 624 g/mol. The van der Waals surface area contributed by atoms with Crippen LogP contribution in [0, 0.1) is 23.0 Å². The summed E-state index contributed by atoms with van der Waals surface area (Å²) in [6.45, 7) is 3.02. The molecule has 0 radical (unpaired) electrons. The normalized spacial score (nSPS) is 17.2. The van der Waals surface area contributed by atoms with Gasteiger partial charge < -0.3 is 31.2 Å². The molecule has 0 aliphatic carbocycles. The minimum Gasteiger partial charge on any atom is -0.456 e. The maximum absolute atomic E-state index is 16.8. The molecule has 0 amide bonds. The van der Waals surface area contributed by atoms with E-state index in [0.29, 0.717) is 25.6 Å². The lowest BCUT2D eigenvalue weighted by Crippen LogP contribution is -2.41. The third-order valence-corrected chi connectivity index (χ3v) is 9.19. The van der Waals surface area contributed by atoms with Crippen molar-refractivity contribution in [1.29, 1.82) is 5.26 Å². The summed E-state index contributed by atoms with van der Waals surface area (Å²) >= 11 is 7.67.